The van der Waals surface area contributed by atoms with Crippen molar-refractivity contribution in [3.63, 3.8) is 0 Å². The molecule has 1 nitrogen and oxygen atoms in total. The van der Waals surface area contributed by atoms with Crippen molar-refractivity contribution in [2.24, 2.45) is 0 Å². The molecule has 1 aliphatic rings. The van der Waals surface area contributed by atoms with Crippen molar-refractivity contribution in [2.45, 2.75) is 6.92 Å². The molecule has 6 aromatic rings. The number of hydrogen-bond donors (Lipinski definition) is 0. The van der Waals surface area contributed by atoms with Crippen LogP contribution in [0.3, 0.4) is 0 Å². The van der Waals surface area contributed by atoms with Gasteiger partial charge in [0.2, 0.25) is 0 Å². The molecule has 5 aromatic carbocycles. The van der Waals surface area contributed by atoms with Crippen molar-refractivity contribution in [3.05, 3.63) is 127 Å². The van der Waals surface area contributed by atoms with E-state index in [0.717, 1.165) is 5.56 Å². The molecule has 0 fully saturated rings. The molecule has 0 aliphatic heterocycles. The summed E-state index contributed by atoms with van der Waals surface area (Å²) in [7, 11) is 0. The maximum Gasteiger partial charge on any atom is 0.0346 e. The number of nitrogens with zero attached hydrogens (tertiary/aromatic N) is 1. The van der Waals surface area contributed by atoms with Gasteiger partial charge in [-0.3, -0.25) is 4.98 Å². The van der Waals surface area contributed by atoms with Gasteiger partial charge in [0.25, 0.3) is 0 Å². The molecular formula is C34H23N. The molecular weight excluding hydrogens is 422 g/mol. The van der Waals surface area contributed by atoms with Crippen LogP contribution in [0.5, 0.6) is 0 Å². The lowest BCUT2D eigenvalue weighted by molar-refractivity contribution is 1.32. The van der Waals surface area contributed by atoms with Gasteiger partial charge in [0, 0.05) is 18.0 Å². The van der Waals surface area contributed by atoms with Crippen molar-refractivity contribution >= 4 is 10.8 Å². The summed E-state index contributed by atoms with van der Waals surface area (Å²) >= 11 is 0. The van der Waals surface area contributed by atoms with E-state index >= 15 is 0 Å². The first-order valence-corrected chi connectivity index (χ1v) is 12.1. The van der Waals surface area contributed by atoms with Gasteiger partial charge in [0.05, 0.1) is 0 Å². The summed E-state index contributed by atoms with van der Waals surface area (Å²) in [5.41, 5.74) is 14.1. The van der Waals surface area contributed by atoms with E-state index in [-0.39, 0.29) is 0 Å². The minimum atomic E-state index is 1.15. The molecule has 0 unspecified atom stereocenters. The number of benzene rings is 5. The van der Waals surface area contributed by atoms with Crippen LogP contribution in [0.1, 0.15) is 5.56 Å². The third-order valence-electron chi connectivity index (χ3n) is 7.27. The van der Waals surface area contributed by atoms with Crippen LogP contribution in [0.2, 0.25) is 0 Å². The minimum absolute atomic E-state index is 1.15. The Morgan fingerprint density at radius 1 is 0.457 bits per heavy atom. The van der Waals surface area contributed by atoms with Crippen LogP contribution in [-0.2, 0) is 0 Å². The van der Waals surface area contributed by atoms with Gasteiger partial charge in [-0.25, -0.2) is 0 Å². The normalized spacial score (nSPS) is 11.6. The maximum absolute atomic E-state index is 4.51. The molecule has 1 aliphatic carbocycles. The molecule has 7 rings (SSSR count). The highest BCUT2D eigenvalue weighted by atomic mass is 14.6. The average Bonchev–Trinajstić information content (AvgIpc) is 3.25. The lowest BCUT2D eigenvalue weighted by Gasteiger charge is -2.24. The summed E-state index contributed by atoms with van der Waals surface area (Å²) in [6.07, 6.45) is 3.85. The Morgan fingerprint density at radius 2 is 1.00 bits per heavy atom. The predicted octanol–water partition coefficient (Wildman–Crippen LogP) is 9.19. The van der Waals surface area contributed by atoms with Gasteiger partial charge in [0.15, 0.2) is 0 Å². The second kappa shape index (κ2) is 7.78. The van der Waals surface area contributed by atoms with Crippen molar-refractivity contribution in [3.8, 4) is 55.6 Å². The Kier molecular flexibility index (Phi) is 4.43. The quantitative estimate of drug-likeness (QED) is 0.264. The van der Waals surface area contributed by atoms with Crippen LogP contribution < -0.4 is 0 Å². The van der Waals surface area contributed by atoms with Gasteiger partial charge in [0.1, 0.15) is 0 Å². The molecule has 164 valence electrons. The van der Waals surface area contributed by atoms with Crippen LogP contribution in [-0.4, -0.2) is 4.98 Å². The summed E-state index contributed by atoms with van der Waals surface area (Å²) in [5.74, 6) is 0. The first-order valence-electron chi connectivity index (χ1n) is 12.1. The average molecular weight is 446 g/mol. The second-order valence-electron chi connectivity index (χ2n) is 9.18. The highest BCUT2D eigenvalue weighted by Crippen LogP contribution is 2.58. The van der Waals surface area contributed by atoms with E-state index in [1.54, 1.807) is 0 Å². The summed E-state index contributed by atoms with van der Waals surface area (Å²) in [6, 6.07) is 39.3. The molecule has 0 amide bonds. The molecule has 35 heavy (non-hydrogen) atoms. The Balaban J connectivity index is 1.75. The number of hydrogen-bond acceptors (Lipinski definition) is 1. The zero-order valence-electron chi connectivity index (χ0n) is 19.5. The maximum atomic E-state index is 4.51. The molecule has 1 heterocycles. The lowest BCUT2D eigenvalue weighted by Crippen LogP contribution is -1.99. The second-order valence-corrected chi connectivity index (χ2v) is 9.18. The van der Waals surface area contributed by atoms with E-state index in [0.29, 0.717) is 0 Å². The Hall–Kier alpha value is -4.49. The SMILES string of the molecule is Cc1c(-c2cccnc2)c(-c2ccccc2)c2c(c1-c1ccccc1)-c1cccc3cccc-2c13. The van der Waals surface area contributed by atoms with Crippen molar-refractivity contribution in [1.82, 2.24) is 4.98 Å². The first-order chi connectivity index (χ1) is 17.3. The molecule has 0 saturated carbocycles. The van der Waals surface area contributed by atoms with Crippen LogP contribution in [0.4, 0.5) is 0 Å². The fraction of sp³-hybridized carbons (Fsp3) is 0.0294. The number of fused-ring (bicyclic) bond motifs is 3. The highest BCUT2D eigenvalue weighted by Gasteiger charge is 2.31. The van der Waals surface area contributed by atoms with Gasteiger partial charge < -0.3 is 0 Å². The number of rotatable bonds is 3. The third-order valence-corrected chi connectivity index (χ3v) is 7.27. The monoisotopic (exact) mass is 445 g/mol. The van der Waals surface area contributed by atoms with Crippen LogP contribution >= 0.6 is 0 Å². The summed E-state index contributed by atoms with van der Waals surface area (Å²) in [4.78, 5) is 4.51. The Labute approximate surface area is 205 Å². The zero-order chi connectivity index (χ0) is 23.4. The van der Waals surface area contributed by atoms with E-state index < -0.39 is 0 Å². The zero-order valence-corrected chi connectivity index (χ0v) is 19.5. The Bertz CT molecular complexity index is 1710. The summed E-state index contributed by atoms with van der Waals surface area (Å²) < 4.78 is 0. The molecule has 1 aromatic heterocycles. The van der Waals surface area contributed by atoms with Gasteiger partial charge in [-0.1, -0.05) is 103 Å². The molecule has 1 heteroatoms. The predicted molar refractivity (Wildman–Crippen MR) is 147 cm³/mol. The number of pyridine rings is 1. The Morgan fingerprint density at radius 3 is 1.60 bits per heavy atom. The van der Waals surface area contributed by atoms with Crippen molar-refractivity contribution < 1.29 is 0 Å². The standard InChI is InChI=1S/C34H23N/c1-22-29(23-11-4-2-5-12-23)33-27-18-8-15-24-16-9-19-28(31(24)27)34(33)32(25-13-6-3-7-14-25)30(22)26-17-10-20-35-21-26/h2-21H,1H3. The molecule has 0 atom stereocenters. The van der Waals surface area contributed by atoms with Crippen molar-refractivity contribution in [1.29, 1.82) is 0 Å². The topological polar surface area (TPSA) is 12.9 Å². The smallest absolute Gasteiger partial charge is 0.0346 e. The third kappa shape index (κ3) is 2.92. The minimum Gasteiger partial charge on any atom is -0.264 e. The van der Waals surface area contributed by atoms with E-state index in [1.807, 2.05) is 18.5 Å². The molecule has 0 radical (unpaired) electrons. The van der Waals surface area contributed by atoms with Gasteiger partial charge >= 0.3 is 0 Å². The first kappa shape index (κ1) is 19.9. The highest BCUT2D eigenvalue weighted by molar-refractivity contribution is 6.23. The molecule has 0 saturated heterocycles. The largest absolute Gasteiger partial charge is 0.264 e. The van der Waals surface area contributed by atoms with Crippen molar-refractivity contribution in [2.75, 3.05) is 0 Å². The van der Waals surface area contributed by atoms with Gasteiger partial charge in [-0.05, 0) is 79.4 Å². The van der Waals surface area contributed by atoms with Crippen LogP contribution in [0.15, 0.2) is 122 Å². The fourth-order valence-corrected chi connectivity index (χ4v) is 5.90. The lowest BCUT2D eigenvalue weighted by atomic mass is 9.79. The molecule has 0 N–H and O–H groups in total. The van der Waals surface area contributed by atoms with E-state index in [2.05, 4.69) is 115 Å². The van der Waals surface area contributed by atoms with Gasteiger partial charge in [-0.2, -0.15) is 0 Å². The van der Waals surface area contributed by atoms with E-state index in [9.17, 15) is 0 Å². The molecule has 0 spiro atoms. The number of aromatic nitrogens is 1. The van der Waals surface area contributed by atoms with E-state index in [4.69, 9.17) is 0 Å². The van der Waals surface area contributed by atoms with Gasteiger partial charge in [-0.15, -0.1) is 0 Å². The summed E-state index contributed by atoms with van der Waals surface area (Å²) in [5, 5.41) is 2.64. The molecule has 0 bridgehead atoms. The van der Waals surface area contributed by atoms with E-state index in [1.165, 1.54) is 66.4 Å². The van der Waals surface area contributed by atoms with Crippen LogP contribution in [0.25, 0.3) is 66.4 Å². The fourth-order valence-electron chi connectivity index (χ4n) is 5.90. The summed E-state index contributed by atoms with van der Waals surface area (Å²) in [6.45, 7) is 2.28. The van der Waals surface area contributed by atoms with Crippen LogP contribution in [0, 0.1) is 6.92 Å².